The fraction of sp³-hybridized carbons (Fsp3) is 0.321. The minimum absolute atomic E-state index is 0.0601. The van der Waals surface area contributed by atoms with Crippen LogP contribution in [-0.2, 0) is 22.4 Å². The van der Waals surface area contributed by atoms with Gasteiger partial charge in [-0.15, -0.1) is 0 Å². The molecule has 10 heteroatoms. The molecule has 3 aromatic rings. The van der Waals surface area contributed by atoms with E-state index in [-0.39, 0.29) is 41.7 Å². The molecule has 2 heterocycles. The summed E-state index contributed by atoms with van der Waals surface area (Å²) >= 11 is 0. The summed E-state index contributed by atoms with van der Waals surface area (Å²) < 4.78 is 42.2. The first-order valence-electron chi connectivity index (χ1n) is 12.3. The molecule has 1 aliphatic heterocycles. The Morgan fingerprint density at radius 3 is 2.11 bits per heavy atom. The van der Waals surface area contributed by atoms with E-state index in [0.29, 0.717) is 32.7 Å². The standard InChI is InChI=1S/C15H21N3O5.C13H10F2/c1-4-6-17-7-8-18-13(15(17)20)14(12(19)9-16-18)23-10-22-11(3)21-5-2;14-12-5-1-10(2-6-12)9-11-3-7-13(15)8-4-11/h9H,3-8,10H2,1-2H3;1-8H,9H2. The third kappa shape index (κ3) is 7.89. The molecule has 0 spiro atoms. The van der Waals surface area contributed by atoms with Crippen molar-refractivity contribution in [2.24, 2.45) is 0 Å². The molecule has 0 saturated carbocycles. The minimum Gasteiger partial charge on any atom is -0.466 e. The first kappa shape index (κ1) is 28.4. The number of fused-ring (bicyclic) bond motifs is 1. The van der Waals surface area contributed by atoms with Crippen LogP contribution in [0, 0.1) is 11.6 Å². The molecule has 0 N–H and O–H groups in total. The van der Waals surface area contributed by atoms with Gasteiger partial charge in [-0.2, -0.15) is 5.10 Å². The van der Waals surface area contributed by atoms with Crippen LogP contribution in [0.1, 0.15) is 41.9 Å². The van der Waals surface area contributed by atoms with E-state index in [0.717, 1.165) is 23.7 Å². The Morgan fingerprint density at radius 1 is 0.947 bits per heavy atom. The highest BCUT2D eigenvalue weighted by molar-refractivity contribution is 5.95. The van der Waals surface area contributed by atoms with E-state index >= 15 is 0 Å². The third-order valence-electron chi connectivity index (χ3n) is 5.54. The van der Waals surface area contributed by atoms with Crippen molar-refractivity contribution in [1.29, 1.82) is 0 Å². The van der Waals surface area contributed by atoms with Crippen LogP contribution >= 0.6 is 0 Å². The lowest BCUT2D eigenvalue weighted by molar-refractivity contribution is -0.0236. The van der Waals surface area contributed by atoms with Gasteiger partial charge in [0.1, 0.15) is 11.6 Å². The van der Waals surface area contributed by atoms with E-state index in [1.807, 2.05) is 6.92 Å². The molecule has 202 valence electrons. The Labute approximate surface area is 220 Å². The minimum atomic E-state index is -0.464. The van der Waals surface area contributed by atoms with Crippen LogP contribution in [0.25, 0.3) is 0 Å². The average Bonchev–Trinajstić information content (AvgIpc) is 2.90. The topological polar surface area (TPSA) is 82.9 Å². The second kappa shape index (κ2) is 13.9. The van der Waals surface area contributed by atoms with Crippen LogP contribution in [0.2, 0.25) is 0 Å². The van der Waals surface area contributed by atoms with E-state index < -0.39 is 5.43 Å². The third-order valence-corrected chi connectivity index (χ3v) is 5.54. The summed E-state index contributed by atoms with van der Waals surface area (Å²) in [6, 6.07) is 12.7. The number of nitrogens with zero attached hydrogens (tertiary/aromatic N) is 3. The molecule has 0 radical (unpaired) electrons. The van der Waals surface area contributed by atoms with Gasteiger partial charge in [0.05, 0.1) is 19.3 Å². The molecule has 1 aromatic heterocycles. The molecule has 4 rings (SSSR count). The van der Waals surface area contributed by atoms with Crippen LogP contribution < -0.4 is 10.2 Å². The number of rotatable bonds is 10. The number of carbonyl (C=O) groups is 1. The van der Waals surface area contributed by atoms with Gasteiger partial charge >= 0.3 is 0 Å². The number of halogens is 2. The number of amides is 1. The molecule has 0 bridgehead atoms. The van der Waals surface area contributed by atoms with Crippen molar-refractivity contribution in [1.82, 2.24) is 14.7 Å². The number of aromatic nitrogens is 2. The van der Waals surface area contributed by atoms with Crippen LogP contribution in [0.5, 0.6) is 5.75 Å². The summed E-state index contributed by atoms with van der Waals surface area (Å²) in [5, 5.41) is 3.99. The molecule has 0 atom stereocenters. The maximum absolute atomic E-state index is 12.6. The van der Waals surface area contributed by atoms with E-state index in [1.165, 1.54) is 28.9 Å². The smallest absolute Gasteiger partial charge is 0.276 e. The second-order valence-electron chi connectivity index (χ2n) is 8.34. The summed E-state index contributed by atoms with van der Waals surface area (Å²) in [5.74, 6) is -0.706. The lowest BCUT2D eigenvalue weighted by Crippen LogP contribution is -2.43. The molecule has 0 aliphatic carbocycles. The van der Waals surface area contributed by atoms with Crippen molar-refractivity contribution in [2.45, 2.75) is 33.2 Å². The summed E-state index contributed by atoms with van der Waals surface area (Å²) in [6.45, 7) is 9.17. The predicted molar refractivity (Wildman–Crippen MR) is 138 cm³/mol. The van der Waals surface area contributed by atoms with E-state index in [1.54, 1.807) is 36.1 Å². The normalized spacial score (nSPS) is 12.2. The van der Waals surface area contributed by atoms with Crippen LogP contribution in [0.4, 0.5) is 8.78 Å². The number of hydrogen-bond donors (Lipinski definition) is 0. The van der Waals surface area contributed by atoms with Crippen molar-refractivity contribution >= 4 is 5.91 Å². The number of carbonyl (C=O) groups excluding carboxylic acids is 1. The first-order valence-corrected chi connectivity index (χ1v) is 12.3. The fourth-order valence-electron chi connectivity index (χ4n) is 3.74. The number of benzene rings is 2. The SMILES string of the molecule is C=C(OCC)OCOc1c2n(ncc1=O)CCN(CCC)C2=O.Fc1ccc(Cc2ccc(F)cc2)cc1. The maximum Gasteiger partial charge on any atom is 0.276 e. The molecular weight excluding hydrogens is 496 g/mol. The molecule has 38 heavy (non-hydrogen) atoms. The van der Waals surface area contributed by atoms with Gasteiger partial charge in [-0.25, -0.2) is 8.78 Å². The highest BCUT2D eigenvalue weighted by Crippen LogP contribution is 2.19. The van der Waals surface area contributed by atoms with Gasteiger partial charge in [0.15, 0.2) is 5.69 Å². The number of ether oxygens (including phenoxy) is 3. The fourth-order valence-corrected chi connectivity index (χ4v) is 3.74. The van der Waals surface area contributed by atoms with Gasteiger partial charge in [-0.1, -0.05) is 31.2 Å². The highest BCUT2D eigenvalue weighted by Gasteiger charge is 2.29. The van der Waals surface area contributed by atoms with Crippen LogP contribution in [-0.4, -0.2) is 47.1 Å². The lowest BCUT2D eigenvalue weighted by atomic mass is 10.1. The highest BCUT2D eigenvalue weighted by atomic mass is 19.1. The van der Waals surface area contributed by atoms with Crippen LogP contribution in [0.15, 0.2) is 72.0 Å². The first-order chi connectivity index (χ1) is 18.3. The average molecular weight is 528 g/mol. The number of hydrogen-bond acceptors (Lipinski definition) is 6. The molecule has 8 nitrogen and oxygen atoms in total. The zero-order valence-corrected chi connectivity index (χ0v) is 21.5. The van der Waals surface area contributed by atoms with Gasteiger partial charge in [-0.3, -0.25) is 14.3 Å². The monoisotopic (exact) mass is 527 g/mol. The molecule has 1 amide bonds. The van der Waals surface area contributed by atoms with Crippen molar-refractivity contribution < 1.29 is 27.8 Å². The van der Waals surface area contributed by atoms with Gasteiger partial charge in [0.25, 0.3) is 11.9 Å². The van der Waals surface area contributed by atoms with Gasteiger partial charge < -0.3 is 19.1 Å². The second-order valence-corrected chi connectivity index (χ2v) is 8.34. The van der Waals surface area contributed by atoms with Crippen molar-refractivity contribution in [3.8, 4) is 5.75 Å². The van der Waals surface area contributed by atoms with Gasteiger partial charge in [0, 0.05) is 13.1 Å². The zero-order chi connectivity index (χ0) is 27.5. The van der Waals surface area contributed by atoms with Crippen molar-refractivity contribution in [3.63, 3.8) is 0 Å². The van der Waals surface area contributed by atoms with Gasteiger partial charge in [0.2, 0.25) is 18.0 Å². The summed E-state index contributed by atoms with van der Waals surface area (Å²) in [7, 11) is 0. The molecule has 0 saturated heterocycles. The summed E-state index contributed by atoms with van der Waals surface area (Å²) in [4.78, 5) is 26.2. The Bertz CT molecular complexity index is 1230. The lowest BCUT2D eigenvalue weighted by Gasteiger charge is -2.29. The summed E-state index contributed by atoms with van der Waals surface area (Å²) in [5.41, 5.74) is 1.72. The zero-order valence-electron chi connectivity index (χ0n) is 21.5. The molecular formula is C28H31F2N3O5. The Hall–Kier alpha value is -4.21. The summed E-state index contributed by atoms with van der Waals surface area (Å²) in [6.07, 6.45) is 2.67. The Kier molecular flexibility index (Phi) is 10.4. The largest absolute Gasteiger partial charge is 0.466 e. The van der Waals surface area contributed by atoms with E-state index in [4.69, 9.17) is 14.2 Å². The van der Waals surface area contributed by atoms with Gasteiger partial charge in [-0.05, 0) is 61.7 Å². The Balaban J connectivity index is 0.000000230. The Morgan fingerprint density at radius 2 is 1.55 bits per heavy atom. The van der Waals surface area contributed by atoms with E-state index in [2.05, 4.69) is 11.7 Å². The van der Waals surface area contributed by atoms with Crippen LogP contribution in [0.3, 0.4) is 0 Å². The molecule has 0 unspecified atom stereocenters. The quantitative estimate of drug-likeness (QED) is 0.285. The van der Waals surface area contributed by atoms with Crippen molar-refractivity contribution in [3.05, 3.63) is 106 Å². The van der Waals surface area contributed by atoms with Crippen molar-refractivity contribution in [2.75, 3.05) is 26.5 Å². The molecule has 0 fully saturated rings. The van der Waals surface area contributed by atoms with E-state index in [9.17, 15) is 18.4 Å². The molecule has 1 aliphatic rings. The molecule has 2 aromatic carbocycles. The predicted octanol–water partition coefficient (Wildman–Crippen LogP) is 4.53. The maximum atomic E-state index is 12.6.